The van der Waals surface area contributed by atoms with Gasteiger partial charge in [0.2, 0.25) is 5.91 Å². The van der Waals surface area contributed by atoms with Crippen molar-refractivity contribution in [2.75, 3.05) is 19.6 Å². The molecule has 0 unspecified atom stereocenters. The van der Waals surface area contributed by atoms with Crippen LogP contribution in [0.2, 0.25) is 0 Å². The Morgan fingerprint density at radius 3 is 2.57 bits per heavy atom. The van der Waals surface area contributed by atoms with Crippen LogP contribution in [0, 0.1) is 0 Å². The van der Waals surface area contributed by atoms with E-state index in [2.05, 4.69) is 31.5 Å². The Labute approximate surface area is 144 Å². The first-order chi connectivity index (χ1) is 11.1. The standard InChI is InChI=1S/C17H22BrN3O2/c18-13-3-1-2-12(10-13)17(23)19-11-16(22)20-14-6-8-21(9-7-14)15-4-5-15/h1-3,10,14-15H,4-9,11H2,(H,19,23)(H,20,22). The molecule has 2 aliphatic rings. The molecule has 0 spiro atoms. The van der Waals surface area contributed by atoms with Crippen molar-refractivity contribution in [3.8, 4) is 0 Å². The summed E-state index contributed by atoms with van der Waals surface area (Å²) in [5.74, 6) is -0.344. The molecule has 1 heterocycles. The maximum absolute atomic E-state index is 12.0. The van der Waals surface area contributed by atoms with Crippen LogP contribution in [0.3, 0.4) is 0 Å². The fraction of sp³-hybridized carbons (Fsp3) is 0.529. The van der Waals surface area contributed by atoms with E-state index in [0.29, 0.717) is 5.56 Å². The zero-order valence-corrected chi connectivity index (χ0v) is 14.6. The van der Waals surface area contributed by atoms with Gasteiger partial charge in [0.25, 0.3) is 5.91 Å². The number of nitrogens with one attached hydrogen (secondary N) is 2. The van der Waals surface area contributed by atoms with Crippen molar-refractivity contribution in [3.63, 3.8) is 0 Å². The van der Waals surface area contributed by atoms with Gasteiger partial charge in [-0.3, -0.25) is 9.59 Å². The lowest BCUT2D eigenvalue weighted by Gasteiger charge is -2.32. The molecule has 5 nitrogen and oxygen atoms in total. The van der Waals surface area contributed by atoms with Crippen LogP contribution in [0.15, 0.2) is 28.7 Å². The van der Waals surface area contributed by atoms with E-state index in [1.807, 2.05) is 6.07 Å². The predicted molar refractivity (Wildman–Crippen MR) is 92.2 cm³/mol. The summed E-state index contributed by atoms with van der Waals surface area (Å²) in [5, 5.41) is 5.70. The van der Waals surface area contributed by atoms with E-state index in [0.717, 1.165) is 36.4 Å². The second kappa shape index (κ2) is 7.45. The Bertz CT molecular complexity index is 581. The van der Waals surface area contributed by atoms with Crippen molar-refractivity contribution in [2.24, 2.45) is 0 Å². The van der Waals surface area contributed by atoms with Gasteiger partial charge in [-0.25, -0.2) is 0 Å². The summed E-state index contributed by atoms with van der Waals surface area (Å²) in [6, 6.07) is 8.16. The van der Waals surface area contributed by atoms with Crippen molar-refractivity contribution in [1.82, 2.24) is 15.5 Å². The van der Waals surface area contributed by atoms with E-state index in [1.54, 1.807) is 18.2 Å². The zero-order chi connectivity index (χ0) is 16.2. The number of carbonyl (C=O) groups excluding carboxylic acids is 2. The van der Waals surface area contributed by atoms with Crippen LogP contribution in [0.25, 0.3) is 0 Å². The van der Waals surface area contributed by atoms with E-state index in [1.165, 1.54) is 12.8 Å². The third kappa shape index (κ3) is 4.78. The minimum atomic E-state index is -0.231. The first-order valence-electron chi connectivity index (χ1n) is 8.19. The van der Waals surface area contributed by atoms with Gasteiger partial charge in [0.15, 0.2) is 0 Å². The molecule has 1 aromatic rings. The Morgan fingerprint density at radius 1 is 1.17 bits per heavy atom. The Hall–Kier alpha value is -1.40. The SMILES string of the molecule is O=C(CNC(=O)c1cccc(Br)c1)NC1CCN(C2CC2)CC1. The fourth-order valence-electron chi connectivity index (χ4n) is 3.02. The highest BCUT2D eigenvalue weighted by molar-refractivity contribution is 9.10. The molecular weight excluding hydrogens is 358 g/mol. The molecule has 1 aliphatic carbocycles. The Balaban J connectivity index is 1.38. The largest absolute Gasteiger partial charge is 0.352 e. The predicted octanol–water partition coefficient (Wildman–Crippen LogP) is 1.92. The van der Waals surface area contributed by atoms with Gasteiger partial charge in [-0.1, -0.05) is 22.0 Å². The lowest BCUT2D eigenvalue weighted by atomic mass is 10.0. The number of nitrogens with zero attached hydrogens (tertiary/aromatic N) is 1. The normalized spacial score (nSPS) is 19.3. The van der Waals surface area contributed by atoms with Crippen molar-refractivity contribution in [3.05, 3.63) is 34.3 Å². The lowest BCUT2D eigenvalue weighted by Crippen LogP contribution is -2.47. The van der Waals surface area contributed by atoms with Crippen LogP contribution in [0.1, 0.15) is 36.0 Å². The van der Waals surface area contributed by atoms with Crippen LogP contribution in [0.5, 0.6) is 0 Å². The highest BCUT2D eigenvalue weighted by Crippen LogP contribution is 2.29. The van der Waals surface area contributed by atoms with Gasteiger partial charge in [0.1, 0.15) is 0 Å². The number of carbonyl (C=O) groups is 2. The minimum absolute atomic E-state index is 0.0220. The average molecular weight is 380 g/mol. The number of hydrogen-bond acceptors (Lipinski definition) is 3. The maximum Gasteiger partial charge on any atom is 0.251 e. The van der Waals surface area contributed by atoms with Crippen LogP contribution in [0.4, 0.5) is 0 Å². The molecular formula is C17H22BrN3O2. The number of halogens is 1. The molecule has 1 aliphatic heterocycles. The number of hydrogen-bond donors (Lipinski definition) is 2. The monoisotopic (exact) mass is 379 g/mol. The van der Waals surface area contributed by atoms with Gasteiger partial charge >= 0.3 is 0 Å². The summed E-state index contributed by atoms with van der Waals surface area (Å²) in [6.07, 6.45) is 4.67. The number of rotatable bonds is 5. The van der Waals surface area contributed by atoms with Gasteiger partial charge in [-0.05, 0) is 43.9 Å². The molecule has 0 aromatic heterocycles. The van der Waals surface area contributed by atoms with Gasteiger partial charge < -0.3 is 15.5 Å². The molecule has 3 rings (SSSR count). The van der Waals surface area contributed by atoms with Crippen LogP contribution < -0.4 is 10.6 Å². The summed E-state index contributed by atoms with van der Waals surface area (Å²) in [4.78, 5) is 26.5. The maximum atomic E-state index is 12.0. The molecule has 1 saturated heterocycles. The summed E-state index contributed by atoms with van der Waals surface area (Å²) < 4.78 is 0.844. The summed E-state index contributed by atoms with van der Waals surface area (Å²) in [7, 11) is 0. The van der Waals surface area contributed by atoms with E-state index in [4.69, 9.17) is 0 Å². The molecule has 0 radical (unpaired) electrons. The lowest BCUT2D eigenvalue weighted by molar-refractivity contribution is -0.121. The smallest absolute Gasteiger partial charge is 0.251 e. The molecule has 2 fully saturated rings. The first kappa shape index (κ1) is 16.5. The minimum Gasteiger partial charge on any atom is -0.352 e. The Kier molecular flexibility index (Phi) is 5.33. The van der Waals surface area contributed by atoms with Gasteiger partial charge in [0.05, 0.1) is 6.54 Å². The van der Waals surface area contributed by atoms with E-state index >= 15 is 0 Å². The molecule has 2 N–H and O–H groups in total. The van der Waals surface area contributed by atoms with Crippen molar-refractivity contribution in [1.29, 1.82) is 0 Å². The topological polar surface area (TPSA) is 61.4 Å². The molecule has 0 atom stereocenters. The summed E-state index contributed by atoms with van der Waals surface area (Å²) in [5.41, 5.74) is 0.546. The Morgan fingerprint density at radius 2 is 1.91 bits per heavy atom. The highest BCUT2D eigenvalue weighted by atomic mass is 79.9. The summed E-state index contributed by atoms with van der Waals surface area (Å²) in [6.45, 7) is 2.16. The molecule has 6 heteroatoms. The summed E-state index contributed by atoms with van der Waals surface area (Å²) >= 11 is 3.33. The third-order valence-corrected chi connectivity index (χ3v) is 4.95. The van der Waals surface area contributed by atoms with E-state index in [-0.39, 0.29) is 24.4 Å². The van der Waals surface area contributed by atoms with Gasteiger partial charge in [0, 0.05) is 35.2 Å². The number of amides is 2. The van der Waals surface area contributed by atoms with Crippen molar-refractivity contribution < 1.29 is 9.59 Å². The molecule has 2 amide bonds. The number of benzene rings is 1. The second-order valence-corrected chi connectivity index (χ2v) is 7.22. The van der Waals surface area contributed by atoms with Crippen molar-refractivity contribution >= 4 is 27.7 Å². The number of likely N-dealkylation sites (tertiary alicyclic amines) is 1. The van der Waals surface area contributed by atoms with Gasteiger partial charge in [-0.15, -0.1) is 0 Å². The van der Waals surface area contributed by atoms with Crippen LogP contribution in [-0.4, -0.2) is 48.4 Å². The van der Waals surface area contributed by atoms with Crippen LogP contribution in [-0.2, 0) is 4.79 Å². The van der Waals surface area contributed by atoms with E-state index in [9.17, 15) is 9.59 Å². The molecule has 124 valence electrons. The fourth-order valence-corrected chi connectivity index (χ4v) is 3.42. The first-order valence-corrected chi connectivity index (χ1v) is 8.98. The third-order valence-electron chi connectivity index (χ3n) is 4.45. The highest BCUT2D eigenvalue weighted by Gasteiger charge is 2.32. The molecule has 1 saturated carbocycles. The van der Waals surface area contributed by atoms with Crippen LogP contribution >= 0.6 is 15.9 Å². The average Bonchev–Trinajstić information content (AvgIpc) is 3.38. The van der Waals surface area contributed by atoms with E-state index < -0.39 is 0 Å². The molecule has 1 aromatic carbocycles. The van der Waals surface area contributed by atoms with Crippen molar-refractivity contribution in [2.45, 2.75) is 37.8 Å². The zero-order valence-electron chi connectivity index (χ0n) is 13.1. The molecule has 0 bridgehead atoms. The quantitative estimate of drug-likeness (QED) is 0.821. The molecule has 23 heavy (non-hydrogen) atoms. The number of piperidine rings is 1. The second-order valence-electron chi connectivity index (χ2n) is 6.30. The van der Waals surface area contributed by atoms with Gasteiger partial charge in [-0.2, -0.15) is 0 Å².